The zero-order chi connectivity index (χ0) is 14.5. The predicted molar refractivity (Wildman–Crippen MR) is 77.6 cm³/mol. The second-order valence-corrected chi connectivity index (χ2v) is 4.39. The molecule has 0 radical (unpaired) electrons. The number of rotatable bonds is 5. The molecule has 1 aromatic heterocycles. The highest BCUT2D eigenvalue weighted by Crippen LogP contribution is 2.21. The topological polar surface area (TPSA) is 77.5 Å². The normalized spacial score (nSPS) is 10.3. The molecule has 0 bridgehead atoms. The molecule has 3 N–H and O–H groups in total. The van der Waals surface area contributed by atoms with Crippen molar-refractivity contribution in [1.82, 2.24) is 0 Å². The van der Waals surface area contributed by atoms with Gasteiger partial charge in [0.15, 0.2) is 0 Å². The Kier molecular flexibility index (Phi) is 4.30. The Balaban J connectivity index is 2.16. The van der Waals surface area contributed by atoms with Gasteiger partial charge >= 0.3 is 5.97 Å². The molecule has 2 aromatic rings. The van der Waals surface area contributed by atoms with Gasteiger partial charge in [0.1, 0.15) is 11.5 Å². The number of nitrogens with one attached hydrogen (secondary N) is 1. The lowest BCUT2D eigenvalue weighted by Gasteiger charge is -2.11. The molecule has 0 spiro atoms. The average molecular weight is 274 g/mol. The van der Waals surface area contributed by atoms with Crippen LogP contribution in [0, 0.1) is 6.92 Å². The smallest absolute Gasteiger partial charge is 0.340 e. The van der Waals surface area contributed by atoms with Gasteiger partial charge in [0, 0.05) is 11.4 Å². The highest BCUT2D eigenvalue weighted by atomic mass is 16.5. The van der Waals surface area contributed by atoms with Crippen molar-refractivity contribution in [2.45, 2.75) is 20.4 Å². The molecule has 2 rings (SSSR count). The Morgan fingerprint density at radius 3 is 2.80 bits per heavy atom. The monoisotopic (exact) mass is 274 g/mol. The Morgan fingerprint density at radius 1 is 1.35 bits per heavy atom. The Labute approximate surface area is 117 Å². The van der Waals surface area contributed by atoms with Crippen molar-refractivity contribution < 1.29 is 13.9 Å². The van der Waals surface area contributed by atoms with Crippen LogP contribution in [0.4, 0.5) is 11.4 Å². The van der Waals surface area contributed by atoms with E-state index in [0.717, 1.165) is 11.5 Å². The van der Waals surface area contributed by atoms with Crippen LogP contribution in [0.1, 0.15) is 28.8 Å². The molecule has 5 heteroatoms. The first-order valence-electron chi connectivity index (χ1n) is 6.46. The molecular weight excluding hydrogens is 256 g/mol. The fourth-order valence-electron chi connectivity index (χ4n) is 1.86. The molecule has 0 aliphatic heterocycles. The molecule has 0 saturated carbocycles. The van der Waals surface area contributed by atoms with Crippen molar-refractivity contribution in [3.8, 4) is 0 Å². The van der Waals surface area contributed by atoms with Gasteiger partial charge < -0.3 is 20.2 Å². The summed E-state index contributed by atoms with van der Waals surface area (Å²) in [6, 6.07) is 8.89. The second-order valence-electron chi connectivity index (χ2n) is 4.39. The summed E-state index contributed by atoms with van der Waals surface area (Å²) in [6.07, 6.45) is 0. The Morgan fingerprint density at radius 2 is 2.15 bits per heavy atom. The van der Waals surface area contributed by atoms with E-state index in [1.165, 1.54) is 0 Å². The number of carbonyl (C=O) groups is 1. The lowest BCUT2D eigenvalue weighted by molar-refractivity contribution is 0.0527. The first-order chi connectivity index (χ1) is 9.60. The van der Waals surface area contributed by atoms with Gasteiger partial charge in [-0.3, -0.25) is 0 Å². The maximum atomic E-state index is 11.9. The number of nitrogen functional groups attached to an aromatic ring is 1. The first-order valence-corrected chi connectivity index (χ1v) is 6.46. The maximum absolute atomic E-state index is 11.9. The van der Waals surface area contributed by atoms with Gasteiger partial charge in [-0.2, -0.15) is 0 Å². The van der Waals surface area contributed by atoms with E-state index in [4.69, 9.17) is 14.9 Å². The van der Waals surface area contributed by atoms with E-state index < -0.39 is 5.97 Å². The SMILES string of the molecule is CCOC(=O)c1cc(N)ccc1NCc1ccc(C)o1. The van der Waals surface area contributed by atoms with Crippen LogP contribution in [0.2, 0.25) is 0 Å². The number of esters is 1. The number of hydrogen-bond donors (Lipinski definition) is 2. The third-order valence-electron chi connectivity index (χ3n) is 2.79. The van der Waals surface area contributed by atoms with Gasteiger partial charge in [0.25, 0.3) is 0 Å². The molecule has 0 aliphatic carbocycles. The number of benzene rings is 1. The van der Waals surface area contributed by atoms with Crippen LogP contribution in [0.25, 0.3) is 0 Å². The molecule has 1 heterocycles. The lowest BCUT2D eigenvalue weighted by atomic mass is 10.1. The van der Waals surface area contributed by atoms with E-state index in [9.17, 15) is 4.79 Å². The molecule has 20 heavy (non-hydrogen) atoms. The summed E-state index contributed by atoms with van der Waals surface area (Å²) in [4.78, 5) is 11.9. The summed E-state index contributed by atoms with van der Waals surface area (Å²) in [5.41, 5.74) is 7.34. The molecule has 0 aliphatic rings. The number of furan rings is 1. The zero-order valence-corrected chi connectivity index (χ0v) is 11.6. The molecule has 5 nitrogen and oxygen atoms in total. The highest BCUT2D eigenvalue weighted by Gasteiger charge is 2.13. The third-order valence-corrected chi connectivity index (χ3v) is 2.79. The summed E-state index contributed by atoms with van der Waals surface area (Å²) in [5, 5.41) is 3.16. The standard InChI is InChI=1S/C15H18N2O3/c1-3-19-15(18)13-8-11(16)5-7-14(13)17-9-12-6-4-10(2)20-12/h4-8,17H,3,9,16H2,1-2H3. The summed E-state index contributed by atoms with van der Waals surface area (Å²) in [7, 11) is 0. The van der Waals surface area contributed by atoms with Gasteiger partial charge in [-0.1, -0.05) is 0 Å². The fourth-order valence-corrected chi connectivity index (χ4v) is 1.86. The van der Waals surface area contributed by atoms with Gasteiger partial charge in [-0.25, -0.2) is 4.79 Å². The number of nitrogens with two attached hydrogens (primary N) is 1. The van der Waals surface area contributed by atoms with Crippen LogP contribution in [0.15, 0.2) is 34.7 Å². The maximum Gasteiger partial charge on any atom is 0.340 e. The van der Waals surface area contributed by atoms with Gasteiger partial charge in [0.05, 0.1) is 18.7 Å². The van der Waals surface area contributed by atoms with Crippen molar-refractivity contribution >= 4 is 17.3 Å². The minimum atomic E-state index is -0.391. The number of anilines is 2. The van der Waals surface area contributed by atoms with E-state index in [2.05, 4.69) is 5.32 Å². The van der Waals surface area contributed by atoms with E-state index in [1.807, 2.05) is 19.1 Å². The molecular formula is C15H18N2O3. The molecule has 0 atom stereocenters. The molecule has 0 saturated heterocycles. The van der Waals surface area contributed by atoms with Gasteiger partial charge in [-0.05, 0) is 44.2 Å². The Hall–Kier alpha value is -2.43. The Bertz CT molecular complexity index is 605. The molecule has 106 valence electrons. The number of aryl methyl sites for hydroxylation is 1. The minimum Gasteiger partial charge on any atom is -0.465 e. The summed E-state index contributed by atoms with van der Waals surface area (Å²) in [6.45, 7) is 4.47. The highest BCUT2D eigenvalue weighted by molar-refractivity contribution is 5.96. The fraction of sp³-hybridized carbons (Fsp3) is 0.267. The van der Waals surface area contributed by atoms with Crippen LogP contribution in [0.5, 0.6) is 0 Å². The van der Waals surface area contributed by atoms with E-state index in [0.29, 0.717) is 30.1 Å². The molecule has 1 aromatic carbocycles. The second kappa shape index (κ2) is 6.14. The predicted octanol–water partition coefficient (Wildman–Crippen LogP) is 2.96. The van der Waals surface area contributed by atoms with Crippen molar-refractivity contribution in [1.29, 1.82) is 0 Å². The van der Waals surface area contributed by atoms with Crippen LogP contribution in [-0.4, -0.2) is 12.6 Å². The quantitative estimate of drug-likeness (QED) is 0.647. The molecule has 0 amide bonds. The number of hydrogen-bond acceptors (Lipinski definition) is 5. The first kappa shape index (κ1) is 14.0. The average Bonchev–Trinajstić information content (AvgIpc) is 2.83. The summed E-state index contributed by atoms with van der Waals surface area (Å²) >= 11 is 0. The lowest BCUT2D eigenvalue weighted by Crippen LogP contribution is -2.10. The molecule has 0 fully saturated rings. The largest absolute Gasteiger partial charge is 0.465 e. The van der Waals surface area contributed by atoms with Crippen molar-refractivity contribution in [3.63, 3.8) is 0 Å². The van der Waals surface area contributed by atoms with Crippen molar-refractivity contribution in [2.75, 3.05) is 17.7 Å². The minimum absolute atomic E-state index is 0.324. The van der Waals surface area contributed by atoms with E-state index >= 15 is 0 Å². The number of ether oxygens (including phenoxy) is 1. The van der Waals surface area contributed by atoms with Crippen molar-refractivity contribution in [3.05, 3.63) is 47.4 Å². The van der Waals surface area contributed by atoms with Crippen LogP contribution in [0.3, 0.4) is 0 Å². The van der Waals surface area contributed by atoms with Gasteiger partial charge in [0.2, 0.25) is 0 Å². The van der Waals surface area contributed by atoms with Crippen molar-refractivity contribution in [2.24, 2.45) is 0 Å². The van der Waals surface area contributed by atoms with E-state index in [1.54, 1.807) is 25.1 Å². The van der Waals surface area contributed by atoms with Crippen LogP contribution >= 0.6 is 0 Å². The van der Waals surface area contributed by atoms with Crippen LogP contribution in [-0.2, 0) is 11.3 Å². The number of carbonyl (C=O) groups excluding carboxylic acids is 1. The van der Waals surface area contributed by atoms with Crippen LogP contribution < -0.4 is 11.1 Å². The van der Waals surface area contributed by atoms with Gasteiger partial charge in [-0.15, -0.1) is 0 Å². The van der Waals surface area contributed by atoms with E-state index in [-0.39, 0.29) is 0 Å². The third kappa shape index (κ3) is 3.32. The summed E-state index contributed by atoms with van der Waals surface area (Å²) < 4.78 is 10.5. The zero-order valence-electron chi connectivity index (χ0n) is 11.6. The summed E-state index contributed by atoms with van der Waals surface area (Å²) in [5.74, 6) is 1.26. The molecule has 0 unspecified atom stereocenters.